The lowest BCUT2D eigenvalue weighted by Crippen LogP contribution is -2.52. The molecule has 0 aliphatic carbocycles. The van der Waals surface area contributed by atoms with Gasteiger partial charge in [-0.3, -0.25) is 4.79 Å². The number of hydrogen-bond acceptors (Lipinski definition) is 6. The van der Waals surface area contributed by atoms with E-state index in [2.05, 4.69) is 4.98 Å². The minimum atomic E-state index is -5.20. The Kier molecular flexibility index (Phi) is 5.15. The standard InChI is InChI=1S/C13H10ClF3N2O4S2/c1-12(21,13(15,16)17)10(20)19-9-3-2-7(6-8(9)14)25(22,23)11-18-4-5-24-11/h2-6,21H,1H3,(H,19,20). The number of amides is 1. The molecular formula is C13H10ClF3N2O4S2. The number of sulfone groups is 1. The van der Waals surface area contributed by atoms with Gasteiger partial charge in [0.2, 0.25) is 19.8 Å². The van der Waals surface area contributed by atoms with Crippen LogP contribution in [0.25, 0.3) is 0 Å². The zero-order chi connectivity index (χ0) is 19.0. The summed E-state index contributed by atoms with van der Waals surface area (Å²) >= 11 is 6.73. The van der Waals surface area contributed by atoms with Gasteiger partial charge in [-0.1, -0.05) is 11.6 Å². The Balaban J connectivity index is 2.31. The second-order valence-corrected chi connectivity index (χ2v) is 8.39. The van der Waals surface area contributed by atoms with Crippen molar-refractivity contribution in [1.29, 1.82) is 0 Å². The zero-order valence-corrected chi connectivity index (χ0v) is 14.7. The van der Waals surface area contributed by atoms with Crippen molar-refractivity contribution < 1.29 is 31.5 Å². The third-order valence-corrected chi connectivity index (χ3v) is 6.40. The Hall–Kier alpha value is -1.69. The van der Waals surface area contributed by atoms with Gasteiger partial charge < -0.3 is 10.4 Å². The van der Waals surface area contributed by atoms with E-state index in [0.717, 1.165) is 29.5 Å². The molecule has 0 saturated heterocycles. The summed E-state index contributed by atoms with van der Waals surface area (Å²) in [4.78, 5) is 15.1. The highest BCUT2D eigenvalue weighted by Gasteiger charge is 2.55. The summed E-state index contributed by atoms with van der Waals surface area (Å²) in [5.41, 5.74) is -3.92. The maximum Gasteiger partial charge on any atom is 0.426 e. The van der Waals surface area contributed by atoms with Crippen molar-refractivity contribution in [2.24, 2.45) is 0 Å². The van der Waals surface area contributed by atoms with E-state index in [4.69, 9.17) is 11.6 Å². The van der Waals surface area contributed by atoms with Gasteiger partial charge in [0.25, 0.3) is 5.91 Å². The molecule has 0 saturated carbocycles. The van der Waals surface area contributed by atoms with Crippen molar-refractivity contribution >= 4 is 44.4 Å². The zero-order valence-electron chi connectivity index (χ0n) is 12.3. The minimum absolute atomic E-state index is 0.180. The van der Waals surface area contributed by atoms with Gasteiger partial charge in [-0.15, -0.1) is 11.3 Å². The number of carbonyl (C=O) groups is 1. The van der Waals surface area contributed by atoms with Crippen molar-refractivity contribution in [2.75, 3.05) is 5.32 Å². The number of carbonyl (C=O) groups excluding carboxylic acids is 1. The molecule has 1 atom stereocenters. The number of benzene rings is 1. The molecule has 0 fully saturated rings. The predicted octanol–water partition coefficient (Wildman–Crippen LogP) is 2.88. The fourth-order valence-electron chi connectivity index (χ4n) is 1.58. The molecule has 2 rings (SSSR count). The average Bonchev–Trinajstić information content (AvgIpc) is 3.02. The molecule has 2 aromatic rings. The molecule has 6 nitrogen and oxygen atoms in total. The number of anilines is 1. The molecule has 1 aromatic heterocycles. The van der Waals surface area contributed by atoms with Crippen LogP contribution in [0.3, 0.4) is 0 Å². The first-order chi connectivity index (χ1) is 11.4. The molecule has 0 spiro atoms. The number of aliphatic hydroxyl groups is 1. The fraction of sp³-hybridized carbons (Fsp3) is 0.231. The molecule has 25 heavy (non-hydrogen) atoms. The van der Waals surface area contributed by atoms with Crippen molar-refractivity contribution in [2.45, 2.75) is 27.9 Å². The van der Waals surface area contributed by atoms with E-state index in [-0.39, 0.29) is 26.9 Å². The van der Waals surface area contributed by atoms with Crippen LogP contribution in [0.5, 0.6) is 0 Å². The summed E-state index contributed by atoms with van der Waals surface area (Å²) in [7, 11) is -3.93. The maximum atomic E-state index is 12.6. The molecule has 0 radical (unpaired) electrons. The SMILES string of the molecule is CC(O)(C(=O)Nc1ccc(S(=O)(=O)c2nccs2)cc1Cl)C(F)(F)F. The summed E-state index contributed by atoms with van der Waals surface area (Å²) in [5.74, 6) is -1.75. The van der Waals surface area contributed by atoms with E-state index in [1.54, 1.807) is 0 Å². The van der Waals surface area contributed by atoms with E-state index in [1.807, 2.05) is 5.32 Å². The lowest BCUT2D eigenvalue weighted by Gasteiger charge is -2.25. The Labute approximate surface area is 149 Å². The Morgan fingerprint density at radius 3 is 2.48 bits per heavy atom. The first-order valence-corrected chi connectivity index (χ1v) is 9.16. The fourth-order valence-corrected chi connectivity index (χ4v) is 4.12. The molecule has 2 N–H and O–H groups in total. The van der Waals surface area contributed by atoms with Crippen molar-refractivity contribution in [3.8, 4) is 0 Å². The molecular weight excluding hydrogens is 405 g/mol. The molecule has 136 valence electrons. The highest BCUT2D eigenvalue weighted by Crippen LogP contribution is 2.33. The van der Waals surface area contributed by atoms with Crippen LogP contribution in [-0.2, 0) is 14.6 Å². The van der Waals surface area contributed by atoms with Crippen LogP contribution in [0.15, 0.2) is 39.0 Å². The summed E-state index contributed by atoms with van der Waals surface area (Å²) < 4.78 is 62.3. The van der Waals surface area contributed by atoms with Gasteiger partial charge in [-0.05, 0) is 25.1 Å². The molecule has 1 unspecified atom stereocenters. The van der Waals surface area contributed by atoms with Gasteiger partial charge in [0.1, 0.15) is 0 Å². The van der Waals surface area contributed by atoms with Gasteiger partial charge in [-0.25, -0.2) is 13.4 Å². The number of thiazole rings is 1. The largest absolute Gasteiger partial charge is 0.426 e. The third-order valence-electron chi connectivity index (χ3n) is 3.13. The molecule has 1 heterocycles. The van der Waals surface area contributed by atoms with Crippen LogP contribution in [0, 0.1) is 0 Å². The lowest BCUT2D eigenvalue weighted by molar-refractivity contribution is -0.242. The Morgan fingerprint density at radius 2 is 2.00 bits per heavy atom. The van der Waals surface area contributed by atoms with Gasteiger partial charge in [0, 0.05) is 11.6 Å². The second-order valence-electron chi connectivity index (χ2n) is 4.97. The predicted molar refractivity (Wildman–Crippen MR) is 84.3 cm³/mol. The summed E-state index contributed by atoms with van der Waals surface area (Å²) in [6.45, 7) is 0.289. The summed E-state index contributed by atoms with van der Waals surface area (Å²) in [6.07, 6.45) is -3.90. The highest BCUT2D eigenvalue weighted by molar-refractivity contribution is 7.93. The van der Waals surface area contributed by atoms with E-state index < -0.39 is 27.5 Å². The topological polar surface area (TPSA) is 96.4 Å². The number of hydrogen-bond donors (Lipinski definition) is 2. The van der Waals surface area contributed by atoms with Gasteiger partial charge in [-0.2, -0.15) is 13.2 Å². The Bertz CT molecular complexity index is 896. The van der Waals surface area contributed by atoms with E-state index in [9.17, 15) is 31.5 Å². The molecule has 0 bridgehead atoms. The van der Waals surface area contributed by atoms with Crippen molar-refractivity contribution in [1.82, 2.24) is 4.98 Å². The average molecular weight is 415 g/mol. The molecule has 12 heteroatoms. The quantitative estimate of drug-likeness (QED) is 0.802. The highest BCUT2D eigenvalue weighted by atomic mass is 35.5. The van der Waals surface area contributed by atoms with Crippen molar-refractivity contribution in [3.63, 3.8) is 0 Å². The Morgan fingerprint density at radius 1 is 1.36 bits per heavy atom. The first kappa shape index (κ1) is 19.6. The van der Waals surface area contributed by atoms with Gasteiger partial charge in [0.15, 0.2) is 0 Å². The minimum Gasteiger partial charge on any atom is -0.373 e. The summed E-state index contributed by atoms with van der Waals surface area (Å²) in [6, 6.07) is 3.05. The number of rotatable bonds is 4. The maximum absolute atomic E-state index is 12.6. The van der Waals surface area contributed by atoms with Crippen LogP contribution >= 0.6 is 22.9 Å². The third kappa shape index (κ3) is 3.78. The first-order valence-electron chi connectivity index (χ1n) is 6.42. The summed E-state index contributed by atoms with van der Waals surface area (Å²) in [5, 5.41) is 12.3. The normalized spacial score (nSPS) is 14.8. The lowest BCUT2D eigenvalue weighted by atomic mass is 10.1. The number of aromatic nitrogens is 1. The van der Waals surface area contributed by atoms with Crippen LogP contribution in [0.1, 0.15) is 6.92 Å². The molecule has 0 aliphatic heterocycles. The molecule has 1 amide bonds. The van der Waals surface area contributed by atoms with E-state index in [1.165, 1.54) is 11.6 Å². The van der Waals surface area contributed by atoms with Crippen LogP contribution < -0.4 is 5.32 Å². The van der Waals surface area contributed by atoms with E-state index in [0.29, 0.717) is 0 Å². The monoisotopic (exact) mass is 414 g/mol. The number of alkyl halides is 3. The van der Waals surface area contributed by atoms with Crippen LogP contribution in [0.2, 0.25) is 5.02 Å². The van der Waals surface area contributed by atoms with Gasteiger partial charge >= 0.3 is 6.18 Å². The molecule has 0 aliphatic rings. The van der Waals surface area contributed by atoms with Crippen molar-refractivity contribution in [3.05, 3.63) is 34.8 Å². The number of nitrogens with zero attached hydrogens (tertiary/aromatic N) is 1. The van der Waals surface area contributed by atoms with Crippen LogP contribution in [-0.4, -0.2) is 36.2 Å². The number of nitrogens with one attached hydrogen (secondary N) is 1. The number of halogens is 4. The van der Waals surface area contributed by atoms with Crippen LogP contribution in [0.4, 0.5) is 18.9 Å². The molecule has 1 aromatic carbocycles. The smallest absolute Gasteiger partial charge is 0.373 e. The van der Waals surface area contributed by atoms with E-state index >= 15 is 0 Å². The van der Waals surface area contributed by atoms with Gasteiger partial charge in [0.05, 0.1) is 15.6 Å². The second kappa shape index (κ2) is 6.56.